The van der Waals surface area contributed by atoms with Gasteiger partial charge < -0.3 is 14.2 Å². The summed E-state index contributed by atoms with van der Waals surface area (Å²) in [4.78, 5) is 16.3. The van der Waals surface area contributed by atoms with Crippen molar-refractivity contribution in [2.75, 3.05) is 36.8 Å². The number of carbonyl (C=O) groups is 1. The molecule has 8 nitrogen and oxygen atoms in total. The van der Waals surface area contributed by atoms with E-state index in [0.29, 0.717) is 31.7 Å². The number of nitrogens with zero attached hydrogens (tertiary/aromatic N) is 4. The Morgan fingerprint density at radius 1 is 0.897 bits per heavy atom. The summed E-state index contributed by atoms with van der Waals surface area (Å²) in [6.07, 6.45) is 0. The van der Waals surface area contributed by atoms with Crippen molar-refractivity contribution >= 4 is 21.4 Å². The molecule has 1 saturated heterocycles. The van der Waals surface area contributed by atoms with Gasteiger partial charge >= 0.3 is 5.22 Å². The van der Waals surface area contributed by atoms with E-state index < -0.39 is 26.7 Å². The van der Waals surface area contributed by atoms with Crippen molar-refractivity contribution in [1.82, 2.24) is 15.1 Å². The van der Waals surface area contributed by atoms with Crippen molar-refractivity contribution in [2.45, 2.75) is 5.22 Å². The van der Waals surface area contributed by atoms with Gasteiger partial charge in [0.2, 0.25) is 21.6 Å². The summed E-state index contributed by atoms with van der Waals surface area (Å²) in [5, 5.41) is 6.88. The lowest BCUT2D eigenvalue weighted by molar-refractivity contribution is -0.128. The molecule has 0 saturated carbocycles. The van der Waals surface area contributed by atoms with Gasteiger partial charge in [0.1, 0.15) is 5.75 Å². The lowest BCUT2D eigenvalue weighted by Gasteiger charge is -2.36. The summed E-state index contributed by atoms with van der Waals surface area (Å²) in [5.41, 5.74) is 1.70. The van der Waals surface area contributed by atoms with E-state index in [1.165, 1.54) is 0 Å². The van der Waals surface area contributed by atoms with Crippen molar-refractivity contribution in [3.05, 3.63) is 60.7 Å². The number of rotatable bonds is 5. The first-order chi connectivity index (χ1) is 14.0. The van der Waals surface area contributed by atoms with Gasteiger partial charge in [-0.2, -0.15) is 0 Å². The summed E-state index contributed by atoms with van der Waals surface area (Å²) in [5.74, 6) is -1.04. The quantitative estimate of drug-likeness (QED) is 0.631. The van der Waals surface area contributed by atoms with E-state index in [0.717, 1.165) is 5.69 Å². The van der Waals surface area contributed by atoms with Crippen LogP contribution < -0.4 is 4.90 Å². The van der Waals surface area contributed by atoms with E-state index in [1.807, 2.05) is 36.4 Å². The van der Waals surface area contributed by atoms with Crippen LogP contribution in [0.25, 0.3) is 11.5 Å². The Hall–Kier alpha value is -3.20. The second-order valence-electron chi connectivity index (χ2n) is 6.70. The Morgan fingerprint density at radius 2 is 1.52 bits per heavy atom. The van der Waals surface area contributed by atoms with Crippen molar-refractivity contribution < 1.29 is 17.6 Å². The van der Waals surface area contributed by atoms with E-state index in [9.17, 15) is 13.2 Å². The lowest BCUT2D eigenvalue weighted by Crippen LogP contribution is -2.50. The molecule has 2 aromatic carbocycles. The molecule has 4 rings (SSSR count). The van der Waals surface area contributed by atoms with Crippen molar-refractivity contribution in [1.29, 1.82) is 0 Å². The Kier molecular flexibility index (Phi) is 5.30. The Morgan fingerprint density at radius 3 is 2.17 bits per heavy atom. The number of aromatic nitrogens is 2. The number of carbonyl (C=O) groups excluding carboxylic acids is 1. The van der Waals surface area contributed by atoms with Crippen LogP contribution in [0.1, 0.15) is 0 Å². The normalized spacial score (nSPS) is 14.8. The van der Waals surface area contributed by atoms with E-state index in [4.69, 9.17) is 4.42 Å². The SMILES string of the molecule is O=C(CS(=O)(=O)c1nnc(-c2ccccc2)o1)N1CCN(c2ccccc2)CC1. The molecule has 29 heavy (non-hydrogen) atoms. The maximum atomic E-state index is 12.6. The number of para-hydroxylation sites is 1. The Bertz CT molecular complexity index is 1080. The zero-order chi connectivity index (χ0) is 20.3. The number of amides is 1. The fourth-order valence-corrected chi connectivity index (χ4v) is 4.20. The highest BCUT2D eigenvalue weighted by molar-refractivity contribution is 7.91. The highest BCUT2D eigenvalue weighted by Crippen LogP contribution is 2.20. The van der Waals surface area contributed by atoms with Gasteiger partial charge in [-0.3, -0.25) is 4.79 Å². The minimum absolute atomic E-state index is 0.105. The third-order valence-corrected chi connectivity index (χ3v) is 6.08. The molecule has 1 fully saturated rings. The smallest absolute Gasteiger partial charge is 0.336 e. The average Bonchev–Trinajstić information content (AvgIpc) is 3.26. The molecule has 0 bridgehead atoms. The van der Waals surface area contributed by atoms with Crippen molar-refractivity contribution in [3.63, 3.8) is 0 Å². The molecule has 1 amide bonds. The molecule has 0 unspecified atom stereocenters. The fraction of sp³-hybridized carbons (Fsp3) is 0.250. The van der Waals surface area contributed by atoms with Gasteiger partial charge in [0.25, 0.3) is 0 Å². The molecule has 0 N–H and O–H groups in total. The molecule has 1 aliphatic rings. The lowest BCUT2D eigenvalue weighted by atomic mass is 10.2. The number of hydrogen-bond donors (Lipinski definition) is 0. The van der Waals surface area contributed by atoms with Gasteiger partial charge in [-0.05, 0) is 24.3 Å². The molecule has 2 heterocycles. The van der Waals surface area contributed by atoms with Crippen LogP contribution in [0.5, 0.6) is 0 Å². The molecule has 0 aliphatic carbocycles. The molecule has 0 spiro atoms. The molecule has 1 aliphatic heterocycles. The highest BCUT2D eigenvalue weighted by atomic mass is 32.2. The second kappa shape index (κ2) is 8.04. The van der Waals surface area contributed by atoms with Gasteiger partial charge in [0.05, 0.1) is 0 Å². The Labute approximate surface area is 168 Å². The molecule has 3 aromatic rings. The summed E-state index contributed by atoms with van der Waals surface area (Å²) in [6.45, 7) is 2.22. The van der Waals surface area contributed by atoms with Crippen LogP contribution in [-0.2, 0) is 14.6 Å². The van der Waals surface area contributed by atoms with Crippen LogP contribution in [0.2, 0.25) is 0 Å². The Balaban J connectivity index is 1.39. The molecule has 0 radical (unpaired) electrons. The zero-order valence-corrected chi connectivity index (χ0v) is 16.5. The summed E-state index contributed by atoms with van der Waals surface area (Å²) >= 11 is 0. The molecule has 1 aromatic heterocycles. The summed E-state index contributed by atoms with van der Waals surface area (Å²) < 4.78 is 30.4. The number of sulfone groups is 1. The van der Waals surface area contributed by atoms with E-state index >= 15 is 0 Å². The zero-order valence-electron chi connectivity index (χ0n) is 15.6. The molecule has 150 valence electrons. The third kappa shape index (κ3) is 4.29. The third-order valence-electron chi connectivity index (χ3n) is 4.76. The van der Waals surface area contributed by atoms with Crippen LogP contribution in [0.3, 0.4) is 0 Å². The standard InChI is InChI=1S/C20H20N4O4S/c25-18(24-13-11-23(12-14-24)17-9-5-2-6-10-17)15-29(26,27)20-22-21-19(28-20)16-7-3-1-4-8-16/h1-10H,11-15H2. The van der Waals surface area contributed by atoms with Crippen LogP contribution in [-0.4, -0.2) is 61.4 Å². The highest BCUT2D eigenvalue weighted by Gasteiger charge is 2.30. The van der Waals surface area contributed by atoms with Crippen LogP contribution in [0.15, 0.2) is 70.3 Å². The topological polar surface area (TPSA) is 96.6 Å². The number of piperazine rings is 1. The van der Waals surface area contributed by atoms with Gasteiger partial charge in [-0.25, -0.2) is 8.42 Å². The predicted octanol–water partition coefficient (Wildman–Crippen LogP) is 1.86. The average molecular weight is 412 g/mol. The molecular formula is C20H20N4O4S. The first-order valence-corrected chi connectivity index (χ1v) is 10.9. The van der Waals surface area contributed by atoms with E-state index in [2.05, 4.69) is 15.1 Å². The first kappa shape index (κ1) is 19.1. The van der Waals surface area contributed by atoms with Crippen molar-refractivity contribution in [3.8, 4) is 11.5 Å². The maximum Gasteiger partial charge on any atom is 0.336 e. The minimum Gasteiger partial charge on any atom is -0.408 e. The molecule has 0 atom stereocenters. The van der Waals surface area contributed by atoms with Gasteiger partial charge in [0.15, 0.2) is 0 Å². The number of benzene rings is 2. The van der Waals surface area contributed by atoms with Gasteiger partial charge in [-0.15, -0.1) is 5.10 Å². The van der Waals surface area contributed by atoms with Crippen LogP contribution in [0, 0.1) is 0 Å². The van der Waals surface area contributed by atoms with E-state index in [1.54, 1.807) is 29.2 Å². The van der Waals surface area contributed by atoms with Gasteiger partial charge in [-0.1, -0.05) is 41.5 Å². The molecule has 9 heteroatoms. The van der Waals surface area contributed by atoms with Crippen LogP contribution >= 0.6 is 0 Å². The summed E-state index contributed by atoms with van der Waals surface area (Å²) in [6, 6.07) is 18.8. The fourth-order valence-electron chi connectivity index (χ4n) is 3.20. The van der Waals surface area contributed by atoms with Crippen LogP contribution in [0.4, 0.5) is 5.69 Å². The largest absolute Gasteiger partial charge is 0.408 e. The monoisotopic (exact) mass is 412 g/mol. The molecular weight excluding hydrogens is 392 g/mol. The first-order valence-electron chi connectivity index (χ1n) is 9.22. The van der Waals surface area contributed by atoms with Gasteiger partial charge in [0, 0.05) is 37.4 Å². The van der Waals surface area contributed by atoms with E-state index in [-0.39, 0.29) is 5.89 Å². The summed E-state index contributed by atoms with van der Waals surface area (Å²) in [7, 11) is -4.01. The predicted molar refractivity (Wildman–Crippen MR) is 107 cm³/mol. The minimum atomic E-state index is -4.01. The second-order valence-corrected chi connectivity index (χ2v) is 8.57. The number of anilines is 1. The maximum absolute atomic E-state index is 12.6. The van der Waals surface area contributed by atoms with Crippen molar-refractivity contribution in [2.24, 2.45) is 0 Å². The number of hydrogen-bond acceptors (Lipinski definition) is 7.